The van der Waals surface area contributed by atoms with Crippen LogP contribution in [0.1, 0.15) is 43.7 Å². The first kappa shape index (κ1) is 16.0. The highest BCUT2D eigenvalue weighted by Gasteiger charge is 2.25. The lowest BCUT2D eigenvalue weighted by atomic mass is 9.85. The van der Waals surface area contributed by atoms with Crippen LogP contribution in [0.5, 0.6) is 0 Å². The molecule has 1 aromatic rings. The van der Waals surface area contributed by atoms with Crippen molar-refractivity contribution in [1.82, 2.24) is 4.90 Å². The number of aliphatic hydroxyl groups is 1. The van der Waals surface area contributed by atoms with Crippen molar-refractivity contribution in [3.63, 3.8) is 0 Å². The summed E-state index contributed by atoms with van der Waals surface area (Å²) in [7, 11) is 2.14. The first-order valence-electron chi connectivity index (χ1n) is 7.70. The Hall–Kier alpha value is -1.37. The monoisotopic (exact) mass is 289 g/mol. The third kappa shape index (κ3) is 4.30. The van der Waals surface area contributed by atoms with E-state index in [1.165, 1.54) is 37.8 Å². The van der Waals surface area contributed by atoms with Crippen molar-refractivity contribution < 1.29 is 9.50 Å². The molecular weight excluding hydrogens is 265 g/mol. The first-order chi connectivity index (χ1) is 10.1. The maximum Gasteiger partial charge on any atom is 0.124 e. The summed E-state index contributed by atoms with van der Waals surface area (Å²) < 4.78 is 13.4. The molecule has 2 rings (SSSR count). The van der Waals surface area contributed by atoms with Gasteiger partial charge in [-0.1, -0.05) is 37.7 Å². The summed E-state index contributed by atoms with van der Waals surface area (Å²) in [6.45, 7) is 2.88. The third-order valence-corrected chi connectivity index (χ3v) is 4.43. The molecule has 0 aliphatic heterocycles. The SMILES string of the molecule is CC1CCCCC1N(C)Cc1ccc(F)cc1C#CCO. The molecule has 0 bridgehead atoms. The average molecular weight is 289 g/mol. The van der Waals surface area contributed by atoms with E-state index in [1.54, 1.807) is 6.07 Å². The molecule has 0 aromatic heterocycles. The van der Waals surface area contributed by atoms with Crippen molar-refractivity contribution in [2.24, 2.45) is 5.92 Å². The molecule has 114 valence electrons. The van der Waals surface area contributed by atoms with Gasteiger partial charge in [0, 0.05) is 18.2 Å². The van der Waals surface area contributed by atoms with Crippen molar-refractivity contribution in [2.45, 2.75) is 45.2 Å². The van der Waals surface area contributed by atoms with E-state index in [-0.39, 0.29) is 12.4 Å². The molecule has 0 radical (unpaired) electrons. The van der Waals surface area contributed by atoms with Crippen LogP contribution < -0.4 is 0 Å². The van der Waals surface area contributed by atoms with Crippen LogP contribution in [0.25, 0.3) is 0 Å². The topological polar surface area (TPSA) is 23.5 Å². The molecule has 3 heteroatoms. The molecule has 0 amide bonds. The van der Waals surface area contributed by atoms with Gasteiger partial charge in [0.05, 0.1) is 0 Å². The second-order valence-electron chi connectivity index (χ2n) is 6.01. The summed E-state index contributed by atoms with van der Waals surface area (Å²) >= 11 is 0. The zero-order chi connectivity index (χ0) is 15.2. The smallest absolute Gasteiger partial charge is 0.124 e. The Morgan fingerprint density at radius 2 is 2.10 bits per heavy atom. The standard InChI is InChI=1S/C18H24FNO/c1-14-6-3-4-8-18(14)20(2)13-16-9-10-17(19)12-15(16)7-5-11-21/h9-10,12,14,18,21H,3-4,6,8,11,13H2,1-2H3. The van der Waals surface area contributed by atoms with Gasteiger partial charge >= 0.3 is 0 Å². The Bertz CT molecular complexity index is 532. The average Bonchev–Trinajstić information content (AvgIpc) is 2.47. The number of nitrogens with zero attached hydrogens (tertiary/aromatic N) is 1. The van der Waals surface area contributed by atoms with Crippen LogP contribution in [0, 0.1) is 23.6 Å². The lowest BCUT2D eigenvalue weighted by molar-refractivity contribution is 0.133. The van der Waals surface area contributed by atoms with Gasteiger partial charge in [0.15, 0.2) is 0 Å². The molecule has 2 nitrogen and oxygen atoms in total. The van der Waals surface area contributed by atoms with Gasteiger partial charge in [-0.3, -0.25) is 4.90 Å². The van der Waals surface area contributed by atoms with Crippen molar-refractivity contribution in [3.8, 4) is 11.8 Å². The zero-order valence-electron chi connectivity index (χ0n) is 12.9. The van der Waals surface area contributed by atoms with Crippen LogP contribution in [-0.4, -0.2) is 29.7 Å². The fourth-order valence-electron chi connectivity index (χ4n) is 3.28. The molecule has 2 atom stereocenters. The Kier molecular flexibility index (Phi) is 5.78. The third-order valence-electron chi connectivity index (χ3n) is 4.43. The number of rotatable bonds is 3. The Labute approximate surface area is 127 Å². The van der Waals surface area contributed by atoms with Crippen LogP contribution >= 0.6 is 0 Å². The maximum atomic E-state index is 13.4. The van der Waals surface area contributed by atoms with E-state index in [2.05, 4.69) is 30.7 Å². The van der Waals surface area contributed by atoms with Crippen LogP contribution in [0.3, 0.4) is 0 Å². The Morgan fingerprint density at radius 1 is 1.33 bits per heavy atom. The van der Waals surface area contributed by atoms with Crippen molar-refractivity contribution in [2.75, 3.05) is 13.7 Å². The molecule has 0 spiro atoms. The number of hydrogen-bond acceptors (Lipinski definition) is 2. The van der Waals surface area contributed by atoms with E-state index < -0.39 is 0 Å². The summed E-state index contributed by atoms with van der Waals surface area (Å²) in [6, 6.07) is 5.33. The van der Waals surface area contributed by atoms with E-state index in [9.17, 15) is 4.39 Å². The van der Waals surface area contributed by atoms with Crippen LogP contribution in [0.15, 0.2) is 18.2 Å². The molecule has 1 fully saturated rings. The van der Waals surface area contributed by atoms with Gasteiger partial charge in [-0.25, -0.2) is 4.39 Å². The van der Waals surface area contributed by atoms with Gasteiger partial charge in [-0.15, -0.1) is 0 Å². The van der Waals surface area contributed by atoms with Gasteiger partial charge in [-0.2, -0.15) is 0 Å². The minimum absolute atomic E-state index is 0.203. The van der Waals surface area contributed by atoms with E-state index in [1.807, 2.05) is 0 Å². The predicted octanol–water partition coefficient (Wildman–Crippen LogP) is 3.18. The van der Waals surface area contributed by atoms with E-state index in [0.29, 0.717) is 17.5 Å². The van der Waals surface area contributed by atoms with Crippen LogP contribution in [-0.2, 0) is 6.54 Å². The van der Waals surface area contributed by atoms with Gasteiger partial charge < -0.3 is 5.11 Å². The van der Waals surface area contributed by atoms with E-state index in [4.69, 9.17) is 5.11 Å². The number of benzene rings is 1. The second-order valence-corrected chi connectivity index (χ2v) is 6.01. The lowest BCUT2D eigenvalue weighted by Gasteiger charge is -2.36. The minimum atomic E-state index is -0.283. The van der Waals surface area contributed by atoms with Crippen LogP contribution in [0.4, 0.5) is 4.39 Å². The molecular formula is C18H24FNO. The lowest BCUT2D eigenvalue weighted by Crippen LogP contribution is -2.38. The summed E-state index contributed by atoms with van der Waals surface area (Å²) in [4.78, 5) is 2.36. The number of halogens is 1. The summed E-state index contributed by atoms with van der Waals surface area (Å²) in [5.74, 6) is 5.89. The normalized spacial score (nSPS) is 22.0. The number of hydrogen-bond donors (Lipinski definition) is 1. The minimum Gasteiger partial charge on any atom is -0.384 e. The van der Waals surface area contributed by atoms with Gasteiger partial charge in [0.2, 0.25) is 0 Å². The largest absolute Gasteiger partial charge is 0.384 e. The molecule has 21 heavy (non-hydrogen) atoms. The maximum absolute atomic E-state index is 13.4. The number of aliphatic hydroxyl groups excluding tert-OH is 1. The summed E-state index contributed by atoms with van der Waals surface area (Å²) in [5.41, 5.74) is 1.71. The zero-order valence-corrected chi connectivity index (χ0v) is 12.9. The fourth-order valence-corrected chi connectivity index (χ4v) is 3.28. The second kappa shape index (κ2) is 7.59. The molecule has 1 aliphatic rings. The highest BCUT2D eigenvalue weighted by molar-refractivity contribution is 5.41. The molecule has 1 N–H and O–H groups in total. The van der Waals surface area contributed by atoms with Gasteiger partial charge in [-0.05, 0) is 43.5 Å². The highest BCUT2D eigenvalue weighted by atomic mass is 19.1. The predicted molar refractivity (Wildman–Crippen MR) is 83.3 cm³/mol. The molecule has 2 unspecified atom stereocenters. The van der Waals surface area contributed by atoms with Gasteiger partial charge in [0.25, 0.3) is 0 Å². The molecule has 1 aromatic carbocycles. The summed E-state index contributed by atoms with van der Waals surface area (Å²) in [6.07, 6.45) is 5.14. The van der Waals surface area contributed by atoms with Crippen molar-refractivity contribution >= 4 is 0 Å². The first-order valence-corrected chi connectivity index (χ1v) is 7.70. The van der Waals surface area contributed by atoms with E-state index in [0.717, 1.165) is 12.1 Å². The molecule has 0 heterocycles. The van der Waals surface area contributed by atoms with Crippen LogP contribution in [0.2, 0.25) is 0 Å². The van der Waals surface area contributed by atoms with Gasteiger partial charge in [0.1, 0.15) is 12.4 Å². The molecule has 1 aliphatic carbocycles. The molecule has 0 saturated heterocycles. The quantitative estimate of drug-likeness (QED) is 0.864. The van der Waals surface area contributed by atoms with Crippen molar-refractivity contribution in [3.05, 3.63) is 35.1 Å². The fraction of sp³-hybridized carbons (Fsp3) is 0.556. The highest BCUT2D eigenvalue weighted by Crippen LogP contribution is 2.28. The molecule has 1 saturated carbocycles. The Balaban J connectivity index is 2.14. The van der Waals surface area contributed by atoms with Crippen molar-refractivity contribution in [1.29, 1.82) is 0 Å². The summed E-state index contributed by atoms with van der Waals surface area (Å²) in [5, 5.41) is 8.83. The Morgan fingerprint density at radius 3 is 2.81 bits per heavy atom. The van der Waals surface area contributed by atoms with E-state index >= 15 is 0 Å².